The quantitative estimate of drug-likeness (QED) is 0.275. The Bertz CT molecular complexity index is 954. The van der Waals surface area contributed by atoms with Gasteiger partial charge in [-0.15, -0.1) is 0 Å². The number of carbonyl (C=O) groups is 1. The number of aliphatic hydroxyl groups excluding tert-OH is 4. The van der Waals surface area contributed by atoms with Crippen molar-refractivity contribution < 1.29 is 40.5 Å². The monoisotopic (exact) mass is 524 g/mol. The lowest BCUT2D eigenvalue weighted by atomic mass is 9.41. The highest BCUT2D eigenvalue weighted by atomic mass is 16.3. The molecule has 212 valence electrons. The van der Waals surface area contributed by atoms with Gasteiger partial charge in [0.1, 0.15) is 0 Å². The van der Waals surface area contributed by atoms with Gasteiger partial charge in [-0.1, -0.05) is 20.8 Å². The van der Waals surface area contributed by atoms with Crippen LogP contribution in [0.2, 0.25) is 0 Å². The molecular formula is C29H48O8. The first-order chi connectivity index (χ1) is 16.8. The molecule has 0 saturated heterocycles. The van der Waals surface area contributed by atoms with E-state index < -0.39 is 63.2 Å². The molecule has 0 amide bonds. The lowest BCUT2D eigenvalue weighted by Gasteiger charge is -2.63. The first-order valence-corrected chi connectivity index (χ1v) is 13.9. The fraction of sp³-hybridized carbons (Fsp3) is 0.897. The number of ketones is 1. The summed E-state index contributed by atoms with van der Waals surface area (Å²) in [6, 6.07) is 0. The first-order valence-electron chi connectivity index (χ1n) is 13.9. The number of fused-ring (bicyclic) bond motifs is 5. The van der Waals surface area contributed by atoms with E-state index >= 15 is 0 Å². The van der Waals surface area contributed by atoms with Crippen molar-refractivity contribution in [1.82, 2.24) is 0 Å². The number of carbonyl (C=O) groups excluding carboxylic acids is 1. The second-order valence-electron chi connectivity index (χ2n) is 14.2. The fourth-order valence-electron chi connectivity index (χ4n) is 8.93. The van der Waals surface area contributed by atoms with Gasteiger partial charge in [0.05, 0.1) is 35.1 Å². The Labute approximate surface area is 220 Å². The van der Waals surface area contributed by atoms with E-state index in [4.69, 9.17) is 0 Å². The van der Waals surface area contributed by atoms with Gasteiger partial charge < -0.3 is 35.7 Å². The molecule has 4 rings (SSSR count). The summed E-state index contributed by atoms with van der Waals surface area (Å²) in [5.74, 6) is -1.42. The van der Waals surface area contributed by atoms with Crippen LogP contribution in [0.5, 0.6) is 0 Å². The molecule has 3 saturated carbocycles. The van der Waals surface area contributed by atoms with E-state index in [1.807, 2.05) is 20.8 Å². The van der Waals surface area contributed by atoms with Crippen LogP contribution in [0.15, 0.2) is 11.6 Å². The Hall–Kier alpha value is -0.870. The van der Waals surface area contributed by atoms with Crippen molar-refractivity contribution in [3.05, 3.63) is 11.6 Å². The second-order valence-corrected chi connectivity index (χ2v) is 14.2. The first kappa shape index (κ1) is 29.1. The number of hydrogen-bond donors (Lipinski definition) is 7. The van der Waals surface area contributed by atoms with Gasteiger partial charge in [-0.05, 0) is 94.6 Å². The van der Waals surface area contributed by atoms with Crippen LogP contribution in [-0.4, -0.2) is 83.3 Å². The largest absolute Gasteiger partial charge is 0.396 e. The maximum atomic E-state index is 13.6. The molecular weight excluding hydrogens is 476 g/mol. The number of allylic oxidation sites excluding steroid dienone is 1. The van der Waals surface area contributed by atoms with Gasteiger partial charge >= 0.3 is 0 Å². The van der Waals surface area contributed by atoms with Crippen molar-refractivity contribution >= 4 is 5.78 Å². The van der Waals surface area contributed by atoms with Gasteiger partial charge in [0, 0.05) is 23.4 Å². The third kappa shape index (κ3) is 3.92. The van der Waals surface area contributed by atoms with Gasteiger partial charge in [-0.25, -0.2) is 0 Å². The van der Waals surface area contributed by atoms with E-state index in [0.29, 0.717) is 31.3 Å². The lowest BCUT2D eigenvalue weighted by Crippen LogP contribution is -2.65. The molecule has 0 aromatic rings. The van der Waals surface area contributed by atoms with Crippen LogP contribution in [0.3, 0.4) is 0 Å². The standard InChI is InChI=1S/C29H48O8/c1-24(2,35)16(15-30)11-23(34)28(6,36)21-8-10-29(37)18-12-22(33)27(5)14-20(32)19(31)13-26(27,4)17(18)7-9-25(21,29)3/h12,16-17,19-21,23,30-32,34-37H,7-11,13-15H2,1-6H3/t16-,17?,19?,20?,21?,23+,25+,26+,27-,28+,29+/m0/s1. The molecule has 3 fully saturated rings. The van der Waals surface area contributed by atoms with Gasteiger partial charge in [0.15, 0.2) is 5.78 Å². The van der Waals surface area contributed by atoms with Crippen LogP contribution < -0.4 is 0 Å². The highest BCUT2D eigenvalue weighted by molar-refractivity contribution is 5.97. The topological polar surface area (TPSA) is 159 Å². The number of rotatable bonds is 6. The van der Waals surface area contributed by atoms with Crippen LogP contribution in [0.4, 0.5) is 0 Å². The predicted molar refractivity (Wildman–Crippen MR) is 137 cm³/mol. The normalized spacial score (nSPS) is 47.3. The van der Waals surface area contributed by atoms with Crippen LogP contribution >= 0.6 is 0 Å². The molecule has 37 heavy (non-hydrogen) atoms. The van der Waals surface area contributed by atoms with Crippen LogP contribution in [0.25, 0.3) is 0 Å². The van der Waals surface area contributed by atoms with E-state index in [1.54, 1.807) is 26.8 Å². The molecule has 0 aromatic carbocycles. The SMILES string of the molecule is CC(C)(O)[C@H](CO)C[C@@H](O)[C@](C)(O)C1CC[C@@]2(O)C3=CC(=O)[C@]4(C)CC(O)C(O)C[C@]4(C)C3CC[C@]12C. The Morgan fingerprint density at radius 3 is 2.16 bits per heavy atom. The average Bonchev–Trinajstić information content (AvgIpc) is 3.06. The van der Waals surface area contributed by atoms with Crippen molar-refractivity contribution in [3.63, 3.8) is 0 Å². The molecule has 8 heteroatoms. The third-order valence-electron chi connectivity index (χ3n) is 12.0. The summed E-state index contributed by atoms with van der Waals surface area (Å²) >= 11 is 0. The molecule has 0 bridgehead atoms. The zero-order chi connectivity index (χ0) is 28.0. The molecule has 11 atom stereocenters. The van der Waals surface area contributed by atoms with E-state index in [1.165, 1.54) is 0 Å². The number of hydrogen-bond acceptors (Lipinski definition) is 8. The number of aliphatic hydroxyl groups is 7. The van der Waals surface area contributed by atoms with Crippen molar-refractivity contribution in [2.75, 3.05) is 6.61 Å². The molecule has 0 aromatic heterocycles. The molecule has 4 unspecified atom stereocenters. The van der Waals surface area contributed by atoms with Crippen LogP contribution in [0, 0.1) is 34.0 Å². The summed E-state index contributed by atoms with van der Waals surface area (Å²) in [5.41, 5.74) is -5.85. The summed E-state index contributed by atoms with van der Waals surface area (Å²) in [7, 11) is 0. The predicted octanol–water partition coefficient (Wildman–Crippen LogP) is 1.46. The average molecular weight is 525 g/mol. The molecule has 8 nitrogen and oxygen atoms in total. The van der Waals surface area contributed by atoms with Crippen LogP contribution in [0.1, 0.15) is 86.5 Å². The summed E-state index contributed by atoms with van der Waals surface area (Å²) < 4.78 is 0. The van der Waals surface area contributed by atoms with Crippen molar-refractivity contribution in [2.24, 2.45) is 34.0 Å². The van der Waals surface area contributed by atoms with Gasteiger partial charge in [-0.2, -0.15) is 0 Å². The summed E-state index contributed by atoms with van der Waals surface area (Å²) in [5, 5.41) is 76.4. The summed E-state index contributed by atoms with van der Waals surface area (Å²) in [4.78, 5) is 13.6. The Balaban J connectivity index is 1.69. The van der Waals surface area contributed by atoms with Crippen molar-refractivity contribution in [2.45, 2.75) is 122 Å². The minimum Gasteiger partial charge on any atom is -0.396 e. The zero-order valence-corrected chi connectivity index (χ0v) is 23.2. The van der Waals surface area contributed by atoms with E-state index in [9.17, 15) is 40.5 Å². The smallest absolute Gasteiger partial charge is 0.162 e. The Morgan fingerprint density at radius 2 is 1.59 bits per heavy atom. The highest BCUT2D eigenvalue weighted by Crippen LogP contribution is 2.70. The molecule has 0 aliphatic heterocycles. The van der Waals surface area contributed by atoms with E-state index in [0.717, 1.165) is 0 Å². The molecule has 4 aliphatic rings. The molecule has 7 N–H and O–H groups in total. The van der Waals surface area contributed by atoms with Gasteiger partial charge in [0.2, 0.25) is 0 Å². The summed E-state index contributed by atoms with van der Waals surface area (Å²) in [6.07, 6.45) is 0.873. The summed E-state index contributed by atoms with van der Waals surface area (Å²) in [6.45, 7) is 10.2. The van der Waals surface area contributed by atoms with Gasteiger partial charge in [-0.3, -0.25) is 4.79 Å². The minimum atomic E-state index is -1.60. The second kappa shape index (κ2) is 8.82. The maximum absolute atomic E-state index is 13.6. The van der Waals surface area contributed by atoms with Crippen LogP contribution in [-0.2, 0) is 4.79 Å². The third-order valence-corrected chi connectivity index (χ3v) is 12.0. The minimum absolute atomic E-state index is 0.00153. The lowest BCUT2D eigenvalue weighted by molar-refractivity contribution is -0.190. The molecule has 0 heterocycles. The van der Waals surface area contributed by atoms with E-state index in [-0.39, 0.29) is 37.6 Å². The van der Waals surface area contributed by atoms with E-state index in [2.05, 4.69) is 0 Å². The van der Waals surface area contributed by atoms with Gasteiger partial charge in [0.25, 0.3) is 0 Å². The zero-order valence-electron chi connectivity index (χ0n) is 23.2. The fourth-order valence-corrected chi connectivity index (χ4v) is 8.93. The maximum Gasteiger partial charge on any atom is 0.162 e. The van der Waals surface area contributed by atoms with Crippen molar-refractivity contribution in [1.29, 1.82) is 0 Å². The Kier molecular flexibility index (Phi) is 6.94. The molecule has 0 spiro atoms. The highest BCUT2D eigenvalue weighted by Gasteiger charge is 2.71. The Morgan fingerprint density at radius 1 is 1.00 bits per heavy atom. The van der Waals surface area contributed by atoms with Crippen molar-refractivity contribution in [3.8, 4) is 0 Å². The molecule has 0 radical (unpaired) electrons. The molecule has 4 aliphatic carbocycles.